The molecule has 132 valence electrons. The number of fused-ring (bicyclic) bond motifs is 1. The van der Waals surface area contributed by atoms with Gasteiger partial charge in [-0.25, -0.2) is 15.0 Å². The first kappa shape index (κ1) is 16.0. The zero-order valence-electron chi connectivity index (χ0n) is 14.8. The first-order valence-corrected chi connectivity index (χ1v) is 8.61. The Kier molecular flexibility index (Phi) is 4.12. The van der Waals surface area contributed by atoms with E-state index in [4.69, 9.17) is 4.74 Å². The molecule has 3 aromatic heterocycles. The molecule has 1 atom stereocenters. The SMILES string of the molecule is Cc1nc(NC(c2nccn2C)C2CCOCC2)c2cnn(C)c2n1. The summed E-state index contributed by atoms with van der Waals surface area (Å²) in [6, 6.07) is 0.0709. The minimum Gasteiger partial charge on any atom is -0.381 e. The van der Waals surface area contributed by atoms with Crippen molar-refractivity contribution in [2.24, 2.45) is 20.0 Å². The predicted octanol–water partition coefficient (Wildman–Crippen LogP) is 1.99. The van der Waals surface area contributed by atoms with Crippen molar-refractivity contribution < 1.29 is 4.74 Å². The lowest BCUT2D eigenvalue weighted by Crippen LogP contribution is -2.29. The summed E-state index contributed by atoms with van der Waals surface area (Å²) in [6.07, 6.45) is 7.65. The standard InChI is InChI=1S/C17H23N7O/c1-11-20-15(13-10-19-24(3)16(13)21-11)22-14(12-4-8-25-9-5-12)17-18-6-7-23(17)2/h6-7,10,12,14H,4-5,8-9H2,1-3H3,(H,20,21,22). The third kappa shape index (κ3) is 2.97. The second-order valence-corrected chi connectivity index (χ2v) is 6.59. The average molecular weight is 341 g/mol. The highest BCUT2D eigenvalue weighted by atomic mass is 16.5. The van der Waals surface area contributed by atoms with Gasteiger partial charge in [0.15, 0.2) is 5.65 Å². The Morgan fingerprint density at radius 1 is 1.24 bits per heavy atom. The third-order valence-corrected chi connectivity index (χ3v) is 4.87. The Labute approximate surface area is 146 Å². The molecule has 1 saturated heterocycles. The van der Waals surface area contributed by atoms with Crippen LogP contribution in [0, 0.1) is 12.8 Å². The maximum Gasteiger partial charge on any atom is 0.163 e. The molecule has 4 heterocycles. The van der Waals surface area contributed by atoms with Gasteiger partial charge in [0, 0.05) is 39.7 Å². The van der Waals surface area contributed by atoms with Crippen LogP contribution in [-0.4, -0.2) is 42.5 Å². The lowest BCUT2D eigenvalue weighted by molar-refractivity contribution is 0.0594. The van der Waals surface area contributed by atoms with Crippen molar-refractivity contribution >= 4 is 16.9 Å². The lowest BCUT2D eigenvalue weighted by atomic mass is 9.91. The molecule has 0 aliphatic carbocycles. The quantitative estimate of drug-likeness (QED) is 0.781. The number of aromatic nitrogens is 6. The largest absolute Gasteiger partial charge is 0.381 e. The fourth-order valence-electron chi connectivity index (χ4n) is 3.51. The van der Waals surface area contributed by atoms with E-state index in [0.29, 0.717) is 5.92 Å². The molecule has 4 rings (SSSR count). The van der Waals surface area contributed by atoms with Gasteiger partial charge in [-0.2, -0.15) is 5.10 Å². The van der Waals surface area contributed by atoms with Crippen molar-refractivity contribution in [3.8, 4) is 0 Å². The Morgan fingerprint density at radius 2 is 2.04 bits per heavy atom. The smallest absolute Gasteiger partial charge is 0.163 e. The van der Waals surface area contributed by atoms with E-state index in [1.54, 1.807) is 4.68 Å². The van der Waals surface area contributed by atoms with Gasteiger partial charge in [-0.1, -0.05) is 0 Å². The second kappa shape index (κ2) is 6.44. The fourth-order valence-corrected chi connectivity index (χ4v) is 3.51. The average Bonchev–Trinajstić information content (AvgIpc) is 3.20. The van der Waals surface area contributed by atoms with E-state index in [1.807, 2.05) is 39.6 Å². The van der Waals surface area contributed by atoms with Crippen molar-refractivity contribution in [1.82, 2.24) is 29.3 Å². The monoisotopic (exact) mass is 341 g/mol. The number of hydrogen-bond acceptors (Lipinski definition) is 6. The summed E-state index contributed by atoms with van der Waals surface area (Å²) in [5.74, 6) is 3.00. The van der Waals surface area contributed by atoms with Crippen molar-refractivity contribution in [3.63, 3.8) is 0 Å². The molecule has 0 bridgehead atoms. The van der Waals surface area contributed by atoms with E-state index in [1.165, 1.54) is 0 Å². The van der Waals surface area contributed by atoms with Crippen molar-refractivity contribution in [2.45, 2.75) is 25.8 Å². The number of hydrogen-bond donors (Lipinski definition) is 1. The molecule has 1 aliphatic rings. The van der Waals surface area contributed by atoms with Crippen LogP contribution in [0.5, 0.6) is 0 Å². The zero-order chi connectivity index (χ0) is 17.4. The summed E-state index contributed by atoms with van der Waals surface area (Å²) in [6.45, 7) is 3.48. The summed E-state index contributed by atoms with van der Waals surface area (Å²) in [7, 11) is 3.93. The van der Waals surface area contributed by atoms with Crippen molar-refractivity contribution in [1.29, 1.82) is 0 Å². The summed E-state index contributed by atoms with van der Waals surface area (Å²) in [4.78, 5) is 13.7. The van der Waals surface area contributed by atoms with Crippen LogP contribution < -0.4 is 5.32 Å². The van der Waals surface area contributed by atoms with Gasteiger partial charge in [-0.3, -0.25) is 4.68 Å². The van der Waals surface area contributed by atoms with Gasteiger partial charge in [-0.15, -0.1) is 0 Å². The molecule has 25 heavy (non-hydrogen) atoms. The highest BCUT2D eigenvalue weighted by Gasteiger charge is 2.29. The summed E-state index contributed by atoms with van der Waals surface area (Å²) in [5, 5.41) is 8.91. The van der Waals surface area contributed by atoms with E-state index in [0.717, 1.165) is 54.6 Å². The zero-order valence-corrected chi connectivity index (χ0v) is 14.8. The Balaban J connectivity index is 1.75. The van der Waals surface area contributed by atoms with Crippen LogP contribution in [-0.2, 0) is 18.8 Å². The summed E-state index contributed by atoms with van der Waals surface area (Å²) in [5.41, 5.74) is 0.834. The highest BCUT2D eigenvalue weighted by molar-refractivity contribution is 5.86. The Bertz CT molecular complexity index is 878. The van der Waals surface area contributed by atoms with E-state index in [9.17, 15) is 0 Å². The molecule has 0 saturated carbocycles. The first-order chi connectivity index (χ1) is 12.1. The molecule has 0 spiro atoms. The first-order valence-electron chi connectivity index (χ1n) is 8.61. The normalized spacial score (nSPS) is 17.1. The van der Waals surface area contributed by atoms with Crippen molar-refractivity contribution in [2.75, 3.05) is 18.5 Å². The van der Waals surface area contributed by atoms with Crippen molar-refractivity contribution in [3.05, 3.63) is 30.2 Å². The van der Waals surface area contributed by atoms with Gasteiger partial charge >= 0.3 is 0 Å². The maximum absolute atomic E-state index is 5.55. The van der Waals surface area contributed by atoms with Crippen LogP contribution in [0.25, 0.3) is 11.0 Å². The molecule has 0 amide bonds. The van der Waals surface area contributed by atoms with E-state index >= 15 is 0 Å². The number of imidazole rings is 1. The number of nitrogens with one attached hydrogen (secondary N) is 1. The number of nitrogens with zero attached hydrogens (tertiary/aromatic N) is 6. The lowest BCUT2D eigenvalue weighted by Gasteiger charge is -2.31. The molecule has 0 aromatic carbocycles. The second-order valence-electron chi connectivity index (χ2n) is 6.59. The van der Waals surface area contributed by atoms with Gasteiger partial charge in [0.2, 0.25) is 0 Å². The van der Waals surface area contributed by atoms with Gasteiger partial charge in [-0.05, 0) is 25.7 Å². The third-order valence-electron chi connectivity index (χ3n) is 4.87. The number of ether oxygens (including phenoxy) is 1. The van der Waals surface area contributed by atoms with Crippen LogP contribution in [0.15, 0.2) is 18.6 Å². The number of aryl methyl sites for hydroxylation is 3. The molecule has 1 fully saturated rings. The molecule has 1 N–H and O–H groups in total. The van der Waals surface area contributed by atoms with Crippen LogP contribution >= 0.6 is 0 Å². The fraction of sp³-hybridized carbons (Fsp3) is 0.529. The minimum atomic E-state index is 0.0709. The Hall–Kier alpha value is -2.48. The van der Waals surface area contributed by atoms with Crippen LogP contribution in [0.3, 0.4) is 0 Å². The molecule has 1 aliphatic heterocycles. The summed E-state index contributed by atoms with van der Waals surface area (Å²) >= 11 is 0. The van der Waals surface area contributed by atoms with Gasteiger partial charge in [0.05, 0.1) is 17.6 Å². The molecule has 8 nitrogen and oxygen atoms in total. The topological polar surface area (TPSA) is 82.7 Å². The maximum atomic E-state index is 5.55. The van der Waals surface area contributed by atoms with E-state index < -0.39 is 0 Å². The van der Waals surface area contributed by atoms with Gasteiger partial charge < -0.3 is 14.6 Å². The molecule has 0 radical (unpaired) electrons. The Morgan fingerprint density at radius 3 is 2.76 bits per heavy atom. The molecule has 1 unspecified atom stereocenters. The predicted molar refractivity (Wildman–Crippen MR) is 94.2 cm³/mol. The number of anilines is 1. The molecule has 8 heteroatoms. The van der Waals surface area contributed by atoms with Gasteiger partial charge in [0.1, 0.15) is 17.5 Å². The van der Waals surface area contributed by atoms with E-state index in [2.05, 4.69) is 29.9 Å². The molecule has 3 aromatic rings. The molecular formula is C17H23N7O. The van der Waals surface area contributed by atoms with Crippen LogP contribution in [0.4, 0.5) is 5.82 Å². The highest BCUT2D eigenvalue weighted by Crippen LogP contribution is 2.33. The minimum absolute atomic E-state index is 0.0709. The molecular weight excluding hydrogens is 318 g/mol. The van der Waals surface area contributed by atoms with Crippen LogP contribution in [0.1, 0.15) is 30.5 Å². The van der Waals surface area contributed by atoms with Gasteiger partial charge in [0.25, 0.3) is 0 Å². The van der Waals surface area contributed by atoms with Crippen LogP contribution in [0.2, 0.25) is 0 Å². The summed E-state index contributed by atoms with van der Waals surface area (Å²) < 4.78 is 9.39. The number of rotatable bonds is 4. The van der Waals surface area contributed by atoms with E-state index in [-0.39, 0.29) is 6.04 Å².